The van der Waals surface area contributed by atoms with Crippen LogP contribution in [0.3, 0.4) is 0 Å². The fourth-order valence-electron chi connectivity index (χ4n) is 2.38. The van der Waals surface area contributed by atoms with Gasteiger partial charge in [0, 0.05) is 23.3 Å². The lowest BCUT2D eigenvalue weighted by Gasteiger charge is -2.12. The van der Waals surface area contributed by atoms with Crippen LogP contribution in [0.5, 0.6) is 5.75 Å². The summed E-state index contributed by atoms with van der Waals surface area (Å²) in [5.41, 5.74) is 0.600. The zero-order chi connectivity index (χ0) is 17.5. The number of hydrogen-bond donors (Lipinski definition) is 0. The average molecular weight is 356 g/mol. The van der Waals surface area contributed by atoms with Crippen LogP contribution in [-0.4, -0.2) is 23.7 Å². The number of pyridine rings is 1. The van der Waals surface area contributed by atoms with Crippen molar-refractivity contribution in [2.24, 2.45) is 0 Å². The zero-order valence-electron chi connectivity index (χ0n) is 12.3. The molecule has 0 saturated carbocycles. The minimum absolute atomic E-state index is 0.206. The molecule has 0 fully saturated rings. The van der Waals surface area contributed by atoms with Crippen molar-refractivity contribution >= 4 is 21.1 Å². The zero-order valence-corrected chi connectivity index (χ0v) is 13.1. The molecule has 0 amide bonds. The maximum absolute atomic E-state index is 12.8. The molecule has 0 spiro atoms. The van der Waals surface area contributed by atoms with Crippen LogP contribution in [0.4, 0.5) is 13.2 Å². The van der Waals surface area contributed by atoms with E-state index in [0.29, 0.717) is 11.1 Å². The Bertz CT molecular complexity index is 1010. The third-order valence-corrected chi connectivity index (χ3v) is 5.06. The molecule has 0 aliphatic rings. The SMILES string of the molecule is Cc1cc2cccnc2n1S(=O)(=O)c1cccc(OC(F)(F)F)c1. The van der Waals surface area contributed by atoms with Gasteiger partial charge in [-0.3, -0.25) is 0 Å². The first-order valence-corrected chi connectivity index (χ1v) is 8.17. The van der Waals surface area contributed by atoms with Gasteiger partial charge < -0.3 is 4.74 Å². The molecule has 0 saturated heterocycles. The number of halogens is 3. The lowest BCUT2D eigenvalue weighted by atomic mass is 10.3. The molecule has 24 heavy (non-hydrogen) atoms. The van der Waals surface area contributed by atoms with Gasteiger partial charge in [0.2, 0.25) is 0 Å². The summed E-state index contributed by atoms with van der Waals surface area (Å²) in [6, 6.07) is 9.24. The van der Waals surface area contributed by atoms with Crippen LogP contribution in [0.2, 0.25) is 0 Å². The van der Waals surface area contributed by atoms with Crippen LogP contribution < -0.4 is 4.74 Å². The van der Waals surface area contributed by atoms with E-state index in [-0.39, 0.29) is 10.5 Å². The minimum atomic E-state index is -4.90. The summed E-state index contributed by atoms with van der Waals surface area (Å²) < 4.78 is 67.4. The van der Waals surface area contributed by atoms with Gasteiger partial charge in [-0.1, -0.05) is 6.07 Å². The van der Waals surface area contributed by atoms with E-state index in [0.717, 1.165) is 16.1 Å². The fraction of sp³-hybridized carbons (Fsp3) is 0.133. The highest BCUT2D eigenvalue weighted by molar-refractivity contribution is 7.90. The van der Waals surface area contributed by atoms with E-state index >= 15 is 0 Å². The Morgan fingerprint density at radius 3 is 2.58 bits per heavy atom. The molecule has 2 aromatic heterocycles. The molecular formula is C15H11F3N2O3S. The van der Waals surface area contributed by atoms with Crippen LogP contribution in [0.15, 0.2) is 53.6 Å². The van der Waals surface area contributed by atoms with Crippen molar-refractivity contribution in [1.29, 1.82) is 0 Å². The Kier molecular flexibility index (Phi) is 3.75. The van der Waals surface area contributed by atoms with Crippen molar-refractivity contribution in [3.05, 3.63) is 54.4 Å². The summed E-state index contributed by atoms with van der Waals surface area (Å²) in [7, 11) is -4.12. The molecule has 0 atom stereocenters. The maximum Gasteiger partial charge on any atom is 0.573 e. The number of aromatic nitrogens is 2. The smallest absolute Gasteiger partial charge is 0.406 e. The van der Waals surface area contributed by atoms with E-state index in [1.165, 1.54) is 18.3 Å². The van der Waals surface area contributed by atoms with Crippen LogP contribution in [0.25, 0.3) is 11.0 Å². The first kappa shape index (κ1) is 16.3. The van der Waals surface area contributed by atoms with Gasteiger partial charge in [-0.2, -0.15) is 0 Å². The lowest BCUT2D eigenvalue weighted by molar-refractivity contribution is -0.274. The Hall–Kier alpha value is -2.55. The second-order valence-corrected chi connectivity index (χ2v) is 6.78. The normalized spacial score (nSPS) is 12.5. The Labute approximate surface area is 135 Å². The van der Waals surface area contributed by atoms with Crippen molar-refractivity contribution < 1.29 is 26.3 Å². The van der Waals surface area contributed by atoms with Crippen LogP contribution in [0, 0.1) is 6.92 Å². The van der Waals surface area contributed by atoms with Crippen molar-refractivity contribution in [2.75, 3.05) is 0 Å². The Morgan fingerprint density at radius 2 is 1.88 bits per heavy atom. The van der Waals surface area contributed by atoms with Gasteiger partial charge in [0.25, 0.3) is 10.0 Å². The van der Waals surface area contributed by atoms with Crippen molar-refractivity contribution in [3.8, 4) is 5.75 Å². The predicted molar refractivity (Wildman–Crippen MR) is 80.2 cm³/mol. The van der Waals surface area contributed by atoms with Gasteiger partial charge in [0.1, 0.15) is 5.75 Å². The molecule has 5 nitrogen and oxygen atoms in total. The molecule has 9 heteroatoms. The van der Waals surface area contributed by atoms with Gasteiger partial charge in [0.05, 0.1) is 4.90 Å². The molecule has 3 rings (SSSR count). The molecular weight excluding hydrogens is 345 g/mol. The van der Waals surface area contributed by atoms with E-state index in [2.05, 4.69) is 9.72 Å². The third-order valence-electron chi connectivity index (χ3n) is 3.27. The monoisotopic (exact) mass is 356 g/mol. The van der Waals surface area contributed by atoms with E-state index in [9.17, 15) is 21.6 Å². The summed E-state index contributed by atoms with van der Waals surface area (Å²) in [5, 5.41) is 0.612. The molecule has 0 radical (unpaired) electrons. The van der Waals surface area contributed by atoms with Crippen LogP contribution in [-0.2, 0) is 10.0 Å². The minimum Gasteiger partial charge on any atom is -0.406 e. The highest BCUT2D eigenvalue weighted by Gasteiger charge is 2.32. The highest BCUT2D eigenvalue weighted by Crippen LogP contribution is 2.28. The largest absolute Gasteiger partial charge is 0.573 e. The first-order chi connectivity index (χ1) is 11.2. The molecule has 2 heterocycles. The number of benzene rings is 1. The van der Waals surface area contributed by atoms with Crippen LogP contribution >= 0.6 is 0 Å². The van der Waals surface area contributed by atoms with Gasteiger partial charge in [-0.05, 0) is 37.3 Å². The van der Waals surface area contributed by atoms with Crippen molar-refractivity contribution in [3.63, 3.8) is 0 Å². The second-order valence-electron chi connectivity index (χ2n) is 4.99. The third kappa shape index (κ3) is 2.94. The number of fused-ring (bicyclic) bond motifs is 1. The van der Waals surface area contributed by atoms with E-state index < -0.39 is 22.1 Å². The molecule has 1 aromatic carbocycles. The molecule has 0 unspecified atom stereocenters. The van der Waals surface area contributed by atoms with Crippen molar-refractivity contribution in [1.82, 2.24) is 8.96 Å². The highest BCUT2D eigenvalue weighted by atomic mass is 32.2. The molecule has 3 aromatic rings. The van der Waals surface area contributed by atoms with E-state index in [1.807, 2.05) is 0 Å². The van der Waals surface area contributed by atoms with Gasteiger partial charge in [-0.25, -0.2) is 17.4 Å². The Morgan fingerprint density at radius 1 is 1.12 bits per heavy atom. The number of ether oxygens (including phenoxy) is 1. The van der Waals surface area contributed by atoms with E-state index in [4.69, 9.17) is 0 Å². The number of rotatable bonds is 3. The summed E-state index contributed by atoms with van der Waals surface area (Å²) in [5.74, 6) is -0.606. The Balaban J connectivity index is 2.14. The first-order valence-electron chi connectivity index (χ1n) is 6.73. The van der Waals surface area contributed by atoms with Crippen molar-refractivity contribution in [2.45, 2.75) is 18.2 Å². The summed E-state index contributed by atoms with van der Waals surface area (Å²) in [6.45, 7) is 1.58. The molecule has 0 aliphatic heterocycles. The predicted octanol–water partition coefficient (Wildman–Crippen LogP) is 3.48. The quantitative estimate of drug-likeness (QED) is 0.721. The summed E-state index contributed by atoms with van der Waals surface area (Å²) in [6.07, 6.45) is -3.46. The maximum atomic E-state index is 12.8. The summed E-state index contributed by atoms with van der Waals surface area (Å²) >= 11 is 0. The van der Waals surface area contributed by atoms with Gasteiger partial charge in [-0.15, -0.1) is 13.2 Å². The topological polar surface area (TPSA) is 61.2 Å². The molecule has 0 N–H and O–H groups in total. The standard InChI is InChI=1S/C15H11F3N2O3S/c1-10-8-11-4-3-7-19-14(11)20(10)24(21,22)13-6-2-5-12(9-13)23-15(16,17)18/h2-9H,1H3. The lowest BCUT2D eigenvalue weighted by Crippen LogP contribution is -2.18. The molecule has 0 aliphatic carbocycles. The van der Waals surface area contributed by atoms with Crippen LogP contribution in [0.1, 0.15) is 5.69 Å². The second kappa shape index (κ2) is 5.52. The molecule has 126 valence electrons. The number of alkyl halides is 3. The number of hydrogen-bond acceptors (Lipinski definition) is 4. The number of nitrogens with zero attached hydrogens (tertiary/aromatic N) is 2. The number of aryl methyl sites for hydroxylation is 1. The van der Waals surface area contributed by atoms with E-state index in [1.54, 1.807) is 25.1 Å². The summed E-state index contributed by atoms with van der Waals surface area (Å²) in [4.78, 5) is 3.72. The fourth-order valence-corrected chi connectivity index (χ4v) is 3.92. The van der Waals surface area contributed by atoms with Gasteiger partial charge >= 0.3 is 6.36 Å². The van der Waals surface area contributed by atoms with Gasteiger partial charge in [0.15, 0.2) is 5.65 Å². The average Bonchev–Trinajstić information content (AvgIpc) is 2.82. The molecule has 0 bridgehead atoms.